The van der Waals surface area contributed by atoms with Gasteiger partial charge in [-0.05, 0) is 52.9 Å². The van der Waals surface area contributed by atoms with Crippen molar-refractivity contribution in [2.75, 3.05) is 11.9 Å². The molecule has 0 bridgehead atoms. The molecular formula is C22H18INO3. The quantitative estimate of drug-likeness (QED) is 0.308. The van der Waals surface area contributed by atoms with Gasteiger partial charge in [0, 0.05) is 16.2 Å². The predicted molar refractivity (Wildman–Crippen MR) is 114 cm³/mol. The van der Waals surface area contributed by atoms with Crippen molar-refractivity contribution in [3.63, 3.8) is 0 Å². The maximum Gasteiger partial charge on any atom is 0.343 e. The molecule has 0 saturated heterocycles. The topological polar surface area (TPSA) is 46.6 Å². The Balaban J connectivity index is 1.77. The molecule has 0 aliphatic heterocycles. The summed E-state index contributed by atoms with van der Waals surface area (Å²) >= 11 is 2.21. The predicted octanol–water partition coefficient (Wildman–Crippen LogP) is 4.72. The van der Waals surface area contributed by atoms with Gasteiger partial charge in [-0.1, -0.05) is 48.5 Å². The first-order valence-corrected chi connectivity index (χ1v) is 9.50. The van der Waals surface area contributed by atoms with Crippen molar-refractivity contribution < 1.29 is 14.3 Å². The van der Waals surface area contributed by atoms with Gasteiger partial charge in [-0.3, -0.25) is 4.79 Å². The Morgan fingerprint density at radius 2 is 1.52 bits per heavy atom. The molecule has 0 fully saturated rings. The zero-order valence-corrected chi connectivity index (χ0v) is 16.9. The van der Waals surface area contributed by atoms with Crippen LogP contribution in [0.5, 0.6) is 5.75 Å². The molecule has 0 aromatic heterocycles. The summed E-state index contributed by atoms with van der Waals surface area (Å²) in [5.41, 5.74) is 1.99. The Hall–Kier alpha value is -2.67. The van der Waals surface area contributed by atoms with Crippen LogP contribution in [0.3, 0.4) is 0 Å². The Morgan fingerprint density at radius 3 is 2.26 bits per heavy atom. The fourth-order valence-electron chi connectivity index (χ4n) is 2.62. The third-order valence-corrected chi connectivity index (χ3v) is 5.03. The van der Waals surface area contributed by atoms with E-state index in [1.165, 1.54) is 0 Å². The van der Waals surface area contributed by atoms with Crippen LogP contribution in [0, 0.1) is 3.57 Å². The molecule has 0 N–H and O–H groups in total. The van der Waals surface area contributed by atoms with Crippen molar-refractivity contribution in [3.05, 3.63) is 93.6 Å². The molecule has 0 radical (unpaired) electrons. The van der Waals surface area contributed by atoms with Gasteiger partial charge in [0.25, 0.3) is 0 Å². The lowest BCUT2D eigenvalue weighted by molar-refractivity contribution is -0.117. The zero-order chi connectivity index (χ0) is 19.2. The Bertz CT molecular complexity index is 957. The van der Waals surface area contributed by atoms with E-state index in [-0.39, 0.29) is 12.3 Å². The van der Waals surface area contributed by atoms with Crippen LogP contribution in [0.2, 0.25) is 0 Å². The minimum absolute atomic E-state index is 0.0812. The van der Waals surface area contributed by atoms with Gasteiger partial charge in [-0.25, -0.2) is 4.79 Å². The fraction of sp³-hybridized carbons (Fsp3) is 0.0909. The third kappa shape index (κ3) is 4.74. The van der Waals surface area contributed by atoms with Crippen LogP contribution in [0.25, 0.3) is 0 Å². The van der Waals surface area contributed by atoms with Crippen LogP contribution >= 0.6 is 22.6 Å². The van der Waals surface area contributed by atoms with Gasteiger partial charge < -0.3 is 9.64 Å². The van der Waals surface area contributed by atoms with Crippen molar-refractivity contribution in [1.29, 1.82) is 0 Å². The first kappa shape index (κ1) is 19.1. The first-order valence-electron chi connectivity index (χ1n) is 8.42. The lowest BCUT2D eigenvalue weighted by atomic mass is 10.1. The molecule has 1 amide bonds. The maximum atomic E-state index is 12.8. The van der Waals surface area contributed by atoms with Gasteiger partial charge in [0.15, 0.2) is 0 Å². The number of hydrogen-bond acceptors (Lipinski definition) is 3. The molecule has 3 aromatic rings. The molecule has 0 atom stereocenters. The minimum atomic E-state index is -0.443. The smallest absolute Gasteiger partial charge is 0.343 e. The van der Waals surface area contributed by atoms with Crippen molar-refractivity contribution in [2.24, 2.45) is 0 Å². The lowest BCUT2D eigenvalue weighted by Gasteiger charge is -2.19. The number of anilines is 1. The van der Waals surface area contributed by atoms with E-state index in [0.717, 1.165) is 9.26 Å². The molecule has 3 rings (SSSR count). The second-order valence-electron chi connectivity index (χ2n) is 5.94. The van der Waals surface area contributed by atoms with Crippen molar-refractivity contribution in [1.82, 2.24) is 0 Å². The van der Waals surface area contributed by atoms with E-state index in [4.69, 9.17) is 4.74 Å². The summed E-state index contributed by atoms with van der Waals surface area (Å²) in [6, 6.07) is 23.6. The lowest BCUT2D eigenvalue weighted by Crippen LogP contribution is -2.28. The highest BCUT2D eigenvalue weighted by Crippen LogP contribution is 2.24. The normalized spacial score (nSPS) is 10.3. The van der Waals surface area contributed by atoms with Gasteiger partial charge in [-0.2, -0.15) is 0 Å². The number of esters is 1. The number of ether oxygens (including phenoxy) is 1. The summed E-state index contributed by atoms with van der Waals surface area (Å²) in [5, 5.41) is 0. The summed E-state index contributed by atoms with van der Waals surface area (Å²) in [6.45, 7) is 0. The standard InChI is InChI=1S/C22H18INO3/c1-24(19-13-7-6-12-18(19)23)21(25)15-17-11-5-8-14-20(17)27-22(26)16-9-3-2-4-10-16/h2-14H,15H2,1H3. The summed E-state index contributed by atoms with van der Waals surface area (Å²) in [6.07, 6.45) is 0.139. The molecular weight excluding hydrogens is 453 g/mol. The van der Waals surface area contributed by atoms with Crippen LogP contribution in [0.4, 0.5) is 5.69 Å². The average molecular weight is 471 g/mol. The molecule has 3 aromatic carbocycles. The zero-order valence-electron chi connectivity index (χ0n) is 14.8. The van der Waals surface area contributed by atoms with Crippen molar-refractivity contribution in [3.8, 4) is 5.75 Å². The van der Waals surface area contributed by atoms with Gasteiger partial charge >= 0.3 is 5.97 Å². The number of rotatable bonds is 5. The number of amides is 1. The largest absolute Gasteiger partial charge is 0.423 e. The molecule has 5 heteroatoms. The molecule has 0 unspecified atom stereocenters. The highest BCUT2D eigenvalue weighted by molar-refractivity contribution is 14.1. The molecule has 4 nitrogen and oxygen atoms in total. The summed E-state index contributed by atoms with van der Waals surface area (Å²) in [5.74, 6) is -0.125. The van der Waals surface area contributed by atoms with E-state index in [0.29, 0.717) is 16.9 Å². The number of carbonyl (C=O) groups is 2. The van der Waals surface area contributed by atoms with E-state index < -0.39 is 5.97 Å². The van der Waals surface area contributed by atoms with E-state index in [2.05, 4.69) is 22.6 Å². The number of para-hydroxylation sites is 2. The summed E-state index contributed by atoms with van der Waals surface area (Å²) in [7, 11) is 1.75. The highest BCUT2D eigenvalue weighted by atomic mass is 127. The monoisotopic (exact) mass is 471 g/mol. The van der Waals surface area contributed by atoms with Crippen LogP contribution in [-0.4, -0.2) is 18.9 Å². The number of benzene rings is 3. The fourth-order valence-corrected chi connectivity index (χ4v) is 3.37. The van der Waals surface area contributed by atoms with Crippen LogP contribution in [0.1, 0.15) is 15.9 Å². The molecule has 0 aliphatic carbocycles. The second kappa shape index (κ2) is 8.81. The average Bonchev–Trinajstić information content (AvgIpc) is 2.70. The number of hydrogen-bond donors (Lipinski definition) is 0. The van der Waals surface area contributed by atoms with Gasteiger partial charge in [0.05, 0.1) is 17.7 Å². The maximum absolute atomic E-state index is 12.8. The van der Waals surface area contributed by atoms with Crippen LogP contribution in [0.15, 0.2) is 78.9 Å². The Kier molecular flexibility index (Phi) is 6.24. The number of carbonyl (C=O) groups excluding carboxylic acids is 2. The second-order valence-corrected chi connectivity index (χ2v) is 7.11. The minimum Gasteiger partial charge on any atom is -0.423 e. The van der Waals surface area contributed by atoms with E-state index in [1.54, 1.807) is 54.4 Å². The van der Waals surface area contributed by atoms with Crippen molar-refractivity contribution >= 4 is 40.2 Å². The summed E-state index contributed by atoms with van der Waals surface area (Å²) < 4.78 is 6.53. The molecule has 136 valence electrons. The molecule has 0 heterocycles. The number of nitrogens with zero attached hydrogens (tertiary/aromatic N) is 1. The van der Waals surface area contributed by atoms with Crippen LogP contribution in [-0.2, 0) is 11.2 Å². The van der Waals surface area contributed by atoms with E-state index in [1.807, 2.05) is 36.4 Å². The van der Waals surface area contributed by atoms with E-state index in [9.17, 15) is 9.59 Å². The highest BCUT2D eigenvalue weighted by Gasteiger charge is 2.17. The summed E-state index contributed by atoms with van der Waals surface area (Å²) in [4.78, 5) is 26.7. The van der Waals surface area contributed by atoms with E-state index >= 15 is 0 Å². The Morgan fingerprint density at radius 1 is 0.889 bits per heavy atom. The van der Waals surface area contributed by atoms with Crippen molar-refractivity contribution in [2.45, 2.75) is 6.42 Å². The SMILES string of the molecule is CN(C(=O)Cc1ccccc1OC(=O)c1ccccc1)c1ccccc1I. The Labute approximate surface area is 171 Å². The van der Waals surface area contributed by atoms with Crippen LogP contribution < -0.4 is 9.64 Å². The first-order chi connectivity index (χ1) is 13.1. The van der Waals surface area contributed by atoms with Gasteiger partial charge in [0.1, 0.15) is 5.75 Å². The molecule has 27 heavy (non-hydrogen) atoms. The molecule has 0 aliphatic rings. The van der Waals surface area contributed by atoms with Gasteiger partial charge in [0.2, 0.25) is 5.91 Å². The number of likely N-dealkylation sites (N-methyl/N-ethyl adjacent to an activating group) is 1. The molecule has 0 saturated carbocycles. The molecule has 0 spiro atoms. The third-order valence-electron chi connectivity index (χ3n) is 4.11. The number of halogens is 1. The van der Waals surface area contributed by atoms with Gasteiger partial charge in [-0.15, -0.1) is 0 Å².